The third-order valence-corrected chi connectivity index (χ3v) is 2.98. The second-order valence-electron chi connectivity index (χ2n) is 3.62. The van der Waals surface area contributed by atoms with E-state index < -0.39 is 0 Å². The van der Waals surface area contributed by atoms with Crippen LogP contribution in [-0.4, -0.2) is 19.0 Å². The van der Waals surface area contributed by atoms with Crippen LogP contribution in [-0.2, 0) is 9.47 Å². The van der Waals surface area contributed by atoms with Gasteiger partial charge in [0.15, 0.2) is 0 Å². The van der Waals surface area contributed by atoms with Crippen LogP contribution in [0.3, 0.4) is 0 Å². The summed E-state index contributed by atoms with van der Waals surface area (Å²) in [6.45, 7) is 2.80. The van der Waals surface area contributed by atoms with Gasteiger partial charge in [-0.05, 0) is 25.2 Å². The number of ether oxygens (including phenoxy) is 2. The van der Waals surface area contributed by atoms with Crippen LogP contribution in [0.15, 0.2) is 0 Å². The normalized spacial score (nSPS) is 43.9. The molecule has 2 fully saturated rings. The van der Waals surface area contributed by atoms with Crippen molar-refractivity contribution in [2.45, 2.75) is 44.8 Å². The first kappa shape index (κ1) is 7.56. The van der Waals surface area contributed by atoms with E-state index in [1.807, 2.05) is 0 Å². The molecule has 0 bridgehead atoms. The lowest BCUT2D eigenvalue weighted by atomic mass is 9.84. The van der Waals surface area contributed by atoms with Gasteiger partial charge in [-0.15, -0.1) is 0 Å². The van der Waals surface area contributed by atoms with Crippen molar-refractivity contribution in [1.82, 2.24) is 0 Å². The molecule has 3 atom stereocenters. The zero-order valence-corrected chi connectivity index (χ0v) is 7.08. The summed E-state index contributed by atoms with van der Waals surface area (Å²) in [5.41, 5.74) is 0. The van der Waals surface area contributed by atoms with Crippen LogP contribution in [0.5, 0.6) is 0 Å². The van der Waals surface area contributed by atoms with Gasteiger partial charge >= 0.3 is 0 Å². The van der Waals surface area contributed by atoms with E-state index in [9.17, 15) is 0 Å². The Morgan fingerprint density at radius 3 is 2.82 bits per heavy atom. The van der Waals surface area contributed by atoms with Gasteiger partial charge in [-0.25, -0.2) is 0 Å². The minimum atomic E-state index is 0.425. The van der Waals surface area contributed by atoms with E-state index in [0.29, 0.717) is 19.0 Å². The Bertz CT molecular complexity index is 136. The third kappa shape index (κ3) is 1.42. The molecule has 3 unspecified atom stereocenters. The van der Waals surface area contributed by atoms with Gasteiger partial charge in [0, 0.05) is 0 Å². The first-order valence-electron chi connectivity index (χ1n) is 4.63. The molecule has 2 nitrogen and oxygen atoms in total. The zero-order valence-electron chi connectivity index (χ0n) is 7.08. The molecule has 1 saturated heterocycles. The molecule has 1 saturated carbocycles. The third-order valence-electron chi connectivity index (χ3n) is 2.98. The summed E-state index contributed by atoms with van der Waals surface area (Å²) in [5, 5.41) is 0. The predicted molar refractivity (Wildman–Crippen MR) is 42.2 cm³/mol. The van der Waals surface area contributed by atoms with Gasteiger partial charge in [0.2, 0.25) is 0 Å². The van der Waals surface area contributed by atoms with Gasteiger partial charge in [0.25, 0.3) is 0 Å². The highest BCUT2D eigenvalue weighted by molar-refractivity contribution is 4.82. The molecule has 1 aliphatic heterocycles. The first-order valence-corrected chi connectivity index (χ1v) is 4.63. The standard InChI is InChI=1S/C9H16O2/c1-2-7-3-4-8-9(5-7)11-6-10-8/h7-9H,2-6H2,1H3. The van der Waals surface area contributed by atoms with Crippen LogP contribution in [0.4, 0.5) is 0 Å². The van der Waals surface area contributed by atoms with Gasteiger partial charge < -0.3 is 9.47 Å². The molecule has 0 amide bonds. The van der Waals surface area contributed by atoms with E-state index in [0.717, 1.165) is 5.92 Å². The fraction of sp³-hybridized carbons (Fsp3) is 1.00. The maximum absolute atomic E-state index is 5.47. The molecular weight excluding hydrogens is 140 g/mol. The SMILES string of the molecule is CCC1CCC2OCOC2C1. The van der Waals surface area contributed by atoms with Crippen LogP contribution < -0.4 is 0 Å². The lowest BCUT2D eigenvalue weighted by molar-refractivity contribution is 0.0388. The maximum atomic E-state index is 5.47. The lowest BCUT2D eigenvalue weighted by Crippen LogP contribution is -2.30. The van der Waals surface area contributed by atoms with E-state index in [4.69, 9.17) is 9.47 Å². The second kappa shape index (κ2) is 3.11. The monoisotopic (exact) mass is 156 g/mol. The van der Waals surface area contributed by atoms with Gasteiger partial charge in [-0.3, -0.25) is 0 Å². The Balaban J connectivity index is 1.91. The summed E-state index contributed by atoms with van der Waals surface area (Å²) in [4.78, 5) is 0. The fourth-order valence-electron chi connectivity index (χ4n) is 2.13. The Morgan fingerprint density at radius 2 is 2.00 bits per heavy atom. The molecule has 2 rings (SSSR count). The molecule has 64 valence electrons. The van der Waals surface area contributed by atoms with Gasteiger partial charge in [0.05, 0.1) is 12.2 Å². The first-order chi connectivity index (χ1) is 5.40. The topological polar surface area (TPSA) is 18.5 Å². The average Bonchev–Trinajstić information content (AvgIpc) is 2.50. The largest absolute Gasteiger partial charge is 0.349 e. The Morgan fingerprint density at radius 1 is 1.18 bits per heavy atom. The maximum Gasteiger partial charge on any atom is 0.147 e. The van der Waals surface area contributed by atoms with Crippen LogP contribution in [0, 0.1) is 5.92 Å². The number of rotatable bonds is 1. The van der Waals surface area contributed by atoms with Crippen molar-refractivity contribution in [2.24, 2.45) is 5.92 Å². The Hall–Kier alpha value is -0.0800. The second-order valence-corrected chi connectivity index (χ2v) is 3.62. The van der Waals surface area contributed by atoms with Crippen LogP contribution in [0.25, 0.3) is 0 Å². The van der Waals surface area contributed by atoms with Gasteiger partial charge in [-0.2, -0.15) is 0 Å². The van der Waals surface area contributed by atoms with Crippen molar-refractivity contribution in [3.05, 3.63) is 0 Å². The van der Waals surface area contributed by atoms with Crippen LogP contribution in [0.1, 0.15) is 32.6 Å². The summed E-state index contributed by atoms with van der Waals surface area (Å²) in [7, 11) is 0. The Labute approximate surface area is 67.9 Å². The summed E-state index contributed by atoms with van der Waals surface area (Å²) in [5.74, 6) is 0.887. The van der Waals surface area contributed by atoms with E-state index in [-0.39, 0.29) is 0 Å². The van der Waals surface area contributed by atoms with Gasteiger partial charge in [0.1, 0.15) is 6.79 Å². The number of hydrogen-bond donors (Lipinski definition) is 0. The molecule has 0 radical (unpaired) electrons. The molecule has 2 heteroatoms. The Kier molecular flexibility index (Phi) is 2.14. The highest BCUT2D eigenvalue weighted by atomic mass is 16.7. The molecule has 1 aliphatic carbocycles. The summed E-state index contributed by atoms with van der Waals surface area (Å²) >= 11 is 0. The smallest absolute Gasteiger partial charge is 0.147 e. The van der Waals surface area contributed by atoms with E-state index in [1.165, 1.54) is 25.7 Å². The minimum absolute atomic E-state index is 0.425. The molecule has 0 aromatic rings. The molecule has 11 heavy (non-hydrogen) atoms. The molecule has 1 heterocycles. The van der Waals surface area contributed by atoms with Crippen LogP contribution in [0.2, 0.25) is 0 Å². The van der Waals surface area contributed by atoms with E-state index in [2.05, 4.69) is 6.92 Å². The molecule has 0 aromatic carbocycles. The van der Waals surface area contributed by atoms with Crippen molar-refractivity contribution in [3.63, 3.8) is 0 Å². The van der Waals surface area contributed by atoms with Crippen molar-refractivity contribution in [3.8, 4) is 0 Å². The summed E-state index contributed by atoms with van der Waals surface area (Å²) in [6.07, 6.45) is 5.92. The number of fused-ring (bicyclic) bond motifs is 1. The van der Waals surface area contributed by atoms with Crippen molar-refractivity contribution < 1.29 is 9.47 Å². The highest BCUT2D eigenvalue weighted by Crippen LogP contribution is 2.33. The zero-order chi connectivity index (χ0) is 7.68. The minimum Gasteiger partial charge on any atom is -0.349 e. The molecule has 0 N–H and O–H groups in total. The molecule has 0 spiro atoms. The highest BCUT2D eigenvalue weighted by Gasteiger charge is 2.34. The van der Waals surface area contributed by atoms with E-state index >= 15 is 0 Å². The predicted octanol–water partition coefficient (Wildman–Crippen LogP) is 1.94. The van der Waals surface area contributed by atoms with Crippen LogP contribution >= 0.6 is 0 Å². The molecular formula is C9H16O2. The van der Waals surface area contributed by atoms with Crippen molar-refractivity contribution in [1.29, 1.82) is 0 Å². The summed E-state index contributed by atoms with van der Waals surface area (Å²) in [6, 6.07) is 0. The quantitative estimate of drug-likeness (QED) is 0.577. The van der Waals surface area contributed by atoms with Crippen molar-refractivity contribution >= 4 is 0 Å². The fourth-order valence-corrected chi connectivity index (χ4v) is 2.13. The summed E-state index contributed by atoms with van der Waals surface area (Å²) < 4.78 is 10.9. The molecule has 2 aliphatic rings. The van der Waals surface area contributed by atoms with E-state index in [1.54, 1.807) is 0 Å². The molecule has 0 aromatic heterocycles. The average molecular weight is 156 g/mol. The van der Waals surface area contributed by atoms with Crippen molar-refractivity contribution in [2.75, 3.05) is 6.79 Å². The number of hydrogen-bond acceptors (Lipinski definition) is 2. The van der Waals surface area contributed by atoms with Gasteiger partial charge in [-0.1, -0.05) is 13.3 Å². The lowest BCUT2D eigenvalue weighted by Gasteiger charge is -2.28.